The van der Waals surface area contributed by atoms with Gasteiger partial charge in [0.25, 0.3) is 0 Å². The first-order valence-electron chi connectivity index (χ1n) is 5.08. The fourth-order valence-electron chi connectivity index (χ4n) is 1.61. The van der Waals surface area contributed by atoms with Crippen molar-refractivity contribution in [3.05, 3.63) is 36.4 Å². The zero-order chi connectivity index (χ0) is 12.5. The van der Waals surface area contributed by atoms with Gasteiger partial charge in [-0.3, -0.25) is 0 Å². The predicted molar refractivity (Wildman–Crippen MR) is 66.7 cm³/mol. The number of sulfonamides is 1. The van der Waals surface area contributed by atoms with Gasteiger partial charge in [-0.15, -0.1) is 0 Å². The first-order valence-corrected chi connectivity index (χ1v) is 6.56. The Morgan fingerprint density at radius 1 is 1.06 bits per heavy atom. The second-order valence-electron chi connectivity index (χ2n) is 3.58. The summed E-state index contributed by atoms with van der Waals surface area (Å²) in [6, 6.07) is 10.5. The van der Waals surface area contributed by atoms with Crippen LogP contribution in [0.5, 0.6) is 5.75 Å². The van der Waals surface area contributed by atoms with Gasteiger partial charge >= 0.3 is 0 Å². The lowest BCUT2D eigenvalue weighted by Gasteiger charge is -2.05. The highest BCUT2D eigenvalue weighted by Gasteiger charge is 2.11. The Balaban J connectivity index is 2.60. The molecule has 2 aromatic rings. The highest BCUT2D eigenvalue weighted by atomic mass is 32.2. The maximum absolute atomic E-state index is 11.6. The molecule has 0 radical (unpaired) electrons. The molecule has 5 heteroatoms. The first-order chi connectivity index (χ1) is 8.06. The second-order valence-corrected chi connectivity index (χ2v) is 5.47. The summed E-state index contributed by atoms with van der Waals surface area (Å²) in [4.78, 5) is 0.262. The number of nitrogens with one attached hydrogen (secondary N) is 1. The Labute approximate surface area is 100 Å². The molecule has 0 saturated carbocycles. The fraction of sp³-hybridized carbons (Fsp3) is 0.167. The summed E-state index contributed by atoms with van der Waals surface area (Å²) < 4.78 is 30.7. The van der Waals surface area contributed by atoms with E-state index in [0.29, 0.717) is 0 Å². The summed E-state index contributed by atoms with van der Waals surface area (Å²) in [5.41, 5.74) is 0. The zero-order valence-corrected chi connectivity index (χ0v) is 10.4. The second kappa shape index (κ2) is 4.35. The van der Waals surface area contributed by atoms with Gasteiger partial charge in [-0.2, -0.15) is 0 Å². The van der Waals surface area contributed by atoms with Gasteiger partial charge in [0.2, 0.25) is 10.0 Å². The summed E-state index contributed by atoms with van der Waals surface area (Å²) in [7, 11) is -0.392. The molecule has 0 heterocycles. The van der Waals surface area contributed by atoms with Crippen molar-refractivity contribution >= 4 is 20.8 Å². The molecule has 0 amide bonds. The zero-order valence-electron chi connectivity index (χ0n) is 9.60. The maximum atomic E-state index is 11.6. The van der Waals surface area contributed by atoms with Crippen LogP contribution in [-0.4, -0.2) is 22.6 Å². The molecule has 0 fully saturated rings. The number of hydrogen-bond acceptors (Lipinski definition) is 3. The van der Waals surface area contributed by atoms with Crippen LogP contribution in [0, 0.1) is 0 Å². The normalized spacial score (nSPS) is 11.6. The van der Waals surface area contributed by atoms with Crippen LogP contribution in [0.3, 0.4) is 0 Å². The van der Waals surface area contributed by atoms with Crippen molar-refractivity contribution in [1.29, 1.82) is 0 Å². The van der Waals surface area contributed by atoms with Crippen molar-refractivity contribution < 1.29 is 13.2 Å². The molecule has 0 aliphatic carbocycles. The summed E-state index contributed by atoms with van der Waals surface area (Å²) in [6.07, 6.45) is 0. The van der Waals surface area contributed by atoms with E-state index in [2.05, 4.69) is 4.72 Å². The third-order valence-electron chi connectivity index (χ3n) is 2.60. The van der Waals surface area contributed by atoms with E-state index in [1.165, 1.54) is 7.05 Å². The third-order valence-corrected chi connectivity index (χ3v) is 4.01. The van der Waals surface area contributed by atoms with Crippen LogP contribution in [0.4, 0.5) is 0 Å². The van der Waals surface area contributed by atoms with Crippen molar-refractivity contribution in [2.24, 2.45) is 0 Å². The third kappa shape index (κ3) is 2.25. The van der Waals surface area contributed by atoms with Gasteiger partial charge in [0.05, 0.1) is 12.0 Å². The van der Waals surface area contributed by atoms with E-state index in [9.17, 15) is 8.42 Å². The standard InChI is InChI=1S/C12H13NO3S/c1-13-17(14,15)12-6-4-9-7-11(16-2)5-3-10(9)8-12/h3-8,13H,1-2H3. The van der Waals surface area contributed by atoms with Crippen LogP contribution in [0.1, 0.15) is 0 Å². The maximum Gasteiger partial charge on any atom is 0.240 e. The molecule has 17 heavy (non-hydrogen) atoms. The van der Waals surface area contributed by atoms with E-state index in [1.54, 1.807) is 31.4 Å². The summed E-state index contributed by atoms with van der Waals surface area (Å²) in [5, 5.41) is 1.81. The summed E-state index contributed by atoms with van der Waals surface area (Å²) >= 11 is 0. The molecule has 2 aromatic carbocycles. The van der Waals surface area contributed by atoms with Crippen LogP contribution in [0.25, 0.3) is 10.8 Å². The first kappa shape index (κ1) is 11.9. The Morgan fingerprint density at radius 2 is 1.71 bits per heavy atom. The number of benzene rings is 2. The minimum Gasteiger partial charge on any atom is -0.497 e. The number of methoxy groups -OCH3 is 1. The van der Waals surface area contributed by atoms with Crippen LogP contribution in [0.2, 0.25) is 0 Å². The minimum absolute atomic E-state index is 0.262. The predicted octanol–water partition coefficient (Wildman–Crippen LogP) is 1.76. The van der Waals surface area contributed by atoms with Crippen LogP contribution >= 0.6 is 0 Å². The van der Waals surface area contributed by atoms with E-state index in [-0.39, 0.29) is 4.90 Å². The molecule has 0 spiro atoms. The van der Waals surface area contributed by atoms with E-state index < -0.39 is 10.0 Å². The lowest BCUT2D eigenvalue weighted by molar-refractivity contribution is 0.415. The summed E-state index contributed by atoms with van der Waals surface area (Å²) in [6.45, 7) is 0. The molecule has 1 N–H and O–H groups in total. The molecule has 0 aliphatic heterocycles. The molecule has 90 valence electrons. The molecule has 0 atom stereocenters. The molecular formula is C12H13NO3S. The molecule has 0 aliphatic rings. The van der Waals surface area contributed by atoms with Crippen molar-refractivity contribution in [3.63, 3.8) is 0 Å². The molecule has 4 nitrogen and oxygen atoms in total. The van der Waals surface area contributed by atoms with Crippen molar-refractivity contribution in [2.75, 3.05) is 14.2 Å². The Hall–Kier alpha value is -1.59. The minimum atomic E-state index is -3.39. The van der Waals surface area contributed by atoms with E-state index in [4.69, 9.17) is 4.74 Å². The average molecular weight is 251 g/mol. The van der Waals surface area contributed by atoms with Gasteiger partial charge in [0.1, 0.15) is 5.75 Å². The monoisotopic (exact) mass is 251 g/mol. The van der Waals surface area contributed by atoms with Gasteiger partial charge in [0.15, 0.2) is 0 Å². The van der Waals surface area contributed by atoms with E-state index >= 15 is 0 Å². The van der Waals surface area contributed by atoms with Gasteiger partial charge in [-0.05, 0) is 42.1 Å². The fourth-order valence-corrected chi connectivity index (χ4v) is 2.38. The Bertz CT molecular complexity index is 650. The van der Waals surface area contributed by atoms with Gasteiger partial charge in [0, 0.05) is 0 Å². The quantitative estimate of drug-likeness (QED) is 0.904. The number of fused-ring (bicyclic) bond motifs is 1. The van der Waals surface area contributed by atoms with Crippen LogP contribution in [-0.2, 0) is 10.0 Å². The number of ether oxygens (including phenoxy) is 1. The van der Waals surface area contributed by atoms with Crippen molar-refractivity contribution in [3.8, 4) is 5.75 Å². The van der Waals surface area contributed by atoms with E-state index in [1.807, 2.05) is 12.1 Å². The highest BCUT2D eigenvalue weighted by Crippen LogP contribution is 2.23. The molecule has 0 unspecified atom stereocenters. The Kier molecular flexibility index (Phi) is 3.04. The molecule has 0 bridgehead atoms. The topological polar surface area (TPSA) is 55.4 Å². The van der Waals surface area contributed by atoms with Gasteiger partial charge in [-0.1, -0.05) is 12.1 Å². The van der Waals surface area contributed by atoms with Gasteiger partial charge in [-0.25, -0.2) is 13.1 Å². The molecule has 0 saturated heterocycles. The highest BCUT2D eigenvalue weighted by molar-refractivity contribution is 7.89. The van der Waals surface area contributed by atoms with Crippen LogP contribution < -0.4 is 9.46 Å². The largest absolute Gasteiger partial charge is 0.497 e. The van der Waals surface area contributed by atoms with Crippen molar-refractivity contribution in [2.45, 2.75) is 4.90 Å². The van der Waals surface area contributed by atoms with Crippen molar-refractivity contribution in [1.82, 2.24) is 4.72 Å². The Morgan fingerprint density at radius 3 is 2.35 bits per heavy atom. The molecule has 2 rings (SSSR count). The lowest BCUT2D eigenvalue weighted by Crippen LogP contribution is -2.18. The SMILES string of the molecule is CNS(=O)(=O)c1ccc2cc(OC)ccc2c1. The van der Waals surface area contributed by atoms with Gasteiger partial charge < -0.3 is 4.74 Å². The number of rotatable bonds is 3. The van der Waals surface area contributed by atoms with E-state index in [0.717, 1.165) is 16.5 Å². The average Bonchev–Trinajstić information content (AvgIpc) is 2.37. The lowest BCUT2D eigenvalue weighted by atomic mass is 10.1. The molecular weight excluding hydrogens is 238 g/mol. The summed E-state index contributed by atoms with van der Waals surface area (Å²) in [5.74, 6) is 0.752. The van der Waals surface area contributed by atoms with Crippen LogP contribution in [0.15, 0.2) is 41.3 Å². The number of hydrogen-bond donors (Lipinski definition) is 1. The molecule has 0 aromatic heterocycles. The smallest absolute Gasteiger partial charge is 0.240 e.